The standard InChI is InChI=1S/C22H26N2O4/c1-14-11-20(27-3)21(28-4)12-18(14)23-22(26)13-19-17-8-6-5-7-16(17)9-10-24(19)15(2)25/h5-8,11-12,19H,9-10,13H2,1-4H3,(H,23,26). The minimum atomic E-state index is -0.261. The number of methoxy groups -OCH3 is 2. The third-order valence-electron chi connectivity index (χ3n) is 5.20. The highest BCUT2D eigenvalue weighted by atomic mass is 16.5. The molecule has 6 heteroatoms. The Hall–Kier alpha value is -3.02. The molecule has 1 aliphatic rings. The van der Waals surface area contributed by atoms with Gasteiger partial charge in [0, 0.05) is 25.2 Å². The molecule has 1 aliphatic heterocycles. The van der Waals surface area contributed by atoms with Crippen molar-refractivity contribution in [1.29, 1.82) is 0 Å². The van der Waals surface area contributed by atoms with E-state index >= 15 is 0 Å². The summed E-state index contributed by atoms with van der Waals surface area (Å²) in [5, 5.41) is 2.96. The molecule has 2 aromatic carbocycles. The molecule has 1 atom stereocenters. The van der Waals surface area contributed by atoms with Crippen LogP contribution in [0.15, 0.2) is 36.4 Å². The number of benzene rings is 2. The second-order valence-electron chi connectivity index (χ2n) is 6.95. The van der Waals surface area contributed by atoms with Gasteiger partial charge in [-0.2, -0.15) is 0 Å². The van der Waals surface area contributed by atoms with Crippen molar-refractivity contribution in [2.24, 2.45) is 0 Å². The highest BCUT2D eigenvalue weighted by Gasteiger charge is 2.30. The molecule has 0 saturated heterocycles. The van der Waals surface area contributed by atoms with Gasteiger partial charge in [-0.25, -0.2) is 0 Å². The SMILES string of the molecule is COc1cc(C)c(NC(=O)CC2c3ccccc3CCN2C(C)=O)cc1OC. The summed E-state index contributed by atoms with van der Waals surface area (Å²) >= 11 is 0. The van der Waals surface area contributed by atoms with Crippen molar-refractivity contribution < 1.29 is 19.1 Å². The fourth-order valence-corrected chi connectivity index (χ4v) is 3.74. The van der Waals surface area contributed by atoms with E-state index in [0.717, 1.165) is 17.5 Å². The summed E-state index contributed by atoms with van der Waals surface area (Å²) < 4.78 is 10.6. The number of amides is 2. The first-order valence-corrected chi connectivity index (χ1v) is 9.32. The molecule has 0 aliphatic carbocycles. The van der Waals surface area contributed by atoms with E-state index < -0.39 is 0 Å². The highest BCUT2D eigenvalue weighted by molar-refractivity contribution is 5.93. The van der Waals surface area contributed by atoms with Gasteiger partial charge in [0.05, 0.1) is 26.7 Å². The molecule has 2 aromatic rings. The summed E-state index contributed by atoms with van der Waals surface area (Å²) in [5.74, 6) is 0.997. The molecule has 28 heavy (non-hydrogen) atoms. The molecule has 0 bridgehead atoms. The van der Waals surface area contributed by atoms with Crippen molar-refractivity contribution in [2.45, 2.75) is 32.7 Å². The number of nitrogens with one attached hydrogen (secondary N) is 1. The smallest absolute Gasteiger partial charge is 0.226 e. The predicted octanol–water partition coefficient (Wildman–Crippen LogP) is 3.49. The normalized spacial score (nSPS) is 15.6. The van der Waals surface area contributed by atoms with Gasteiger partial charge >= 0.3 is 0 Å². The van der Waals surface area contributed by atoms with Gasteiger partial charge in [-0.15, -0.1) is 0 Å². The minimum Gasteiger partial charge on any atom is -0.493 e. The first-order valence-electron chi connectivity index (χ1n) is 9.32. The zero-order valence-corrected chi connectivity index (χ0v) is 16.7. The highest BCUT2D eigenvalue weighted by Crippen LogP contribution is 2.35. The van der Waals surface area contributed by atoms with Crippen molar-refractivity contribution in [2.75, 3.05) is 26.1 Å². The van der Waals surface area contributed by atoms with Crippen molar-refractivity contribution >= 4 is 17.5 Å². The van der Waals surface area contributed by atoms with Crippen molar-refractivity contribution in [3.8, 4) is 11.5 Å². The molecule has 1 heterocycles. The number of nitrogens with zero attached hydrogens (tertiary/aromatic N) is 1. The molecule has 3 rings (SSSR count). The van der Waals surface area contributed by atoms with Crippen molar-refractivity contribution in [1.82, 2.24) is 4.90 Å². The Morgan fingerprint density at radius 2 is 1.82 bits per heavy atom. The molecular weight excluding hydrogens is 356 g/mol. The first-order chi connectivity index (χ1) is 13.4. The van der Waals surface area contributed by atoms with Gasteiger partial charge in [0.25, 0.3) is 0 Å². The van der Waals surface area contributed by atoms with E-state index in [9.17, 15) is 9.59 Å². The Bertz CT molecular complexity index is 894. The van der Waals surface area contributed by atoms with Crippen LogP contribution in [0.5, 0.6) is 11.5 Å². The van der Waals surface area contributed by atoms with Crippen LogP contribution in [0.1, 0.15) is 36.1 Å². The Morgan fingerprint density at radius 3 is 2.50 bits per heavy atom. The number of hydrogen-bond donors (Lipinski definition) is 1. The monoisotopic (exact) mass is 382 g/mol. The third kappa shape index (κ3) is 3.96. The van der Waals surface area contributed by atoms with E-state index in [4.69, 9.17) is 9.47 Å². The molecule has 0 radical (unpaired) electrons. The average molecular weight is 382 g/mol. The zero-order chi connectivity index (χ0) is 20.3. The maximum Gasteiger partial charge on any atom is 0.226 e. The molecule has 0 saturated carbocycles. The second kappa shape index (κ2) is 8.33. The van der Waals surface area contributed by atoms with Gasteiger partial charge in [-0.05, 0) is 36.1 Å². The molecule has 1 N–H and O–H groups in total. The van der Waals surface area contributed by atoms with Crippen molar-refractivity contribution in [3.63, 3.8) is 0 Å². The summed E-state index contributed by atoms with van der Waals surface area (Å²) in [6.07, 6.45) is 1.01. The fourth-order valence-electron chi connectivity index (χ4n) is 3.74. The van der Waals surface area contributed by atoms with Gasteiger partial charge in [0.15, 0.2) is 11.5 Å². The van der Waals surface area contributed by atoms with Crippen molar-refractivity contribution in [3.05, 3.63) is 53.1 Å². The fraction of sp³-hybridized carbons (Fsp3) is 0.364. The largest absolute Gasteiger partial charge is 0.493 e. The van der Waals surface area contributed by atoms with E-state index in [0.29, 0.717) is 23.7 Å². The van der Waals surface area contributed by atoms with Crippen LogP contribution in [0.4, 0.5) is 5.69 Å². The minimum absolute atomic E-state index is 0.0189. The zero-order valence-electron chi connectivity index (χ0n) is 16.7. The summed E-state index contributed by atoms with van der Waals surface area (Å²) in [7, 11) is 3.13. The van der Waals surface area contributed by atoms with Crippen LogP contribution in [0.2, 0.25) is 0 Å². The van der Waals surface area contributed by atoms with Crippen LogP contribution in [-0.2, 0) is 16.0 Å². The van der Waals surface area contributed by atoms with Crippen LogP contribution in [0, 0.1) is 6.92 Å². The van der Waals surface area contributed by atoms with Gasteiger partial charge in [0.2, 0.25) is 11.8 Å². The molecule has 0 fully saturated rings. The predicted molar refractivity (Wildman–Crippen MR) is 108 cm³/mol. The molecule has 6 nitrogen and oxygen atoms in total. The van der Waals surface area contributed by atoms with Crippen LogP contribution in [0.3, 0.4) is 0 Å². The molecule has 0 aromatic heterocycles. The Kier molecular flexibility index (Phi) is 5.87. The first kappa shape index (κ1) is 19.7. The number of rotatable bonds is 5. The molecule has 1 unspecified atom stereocenters. The number of fused-ring (bicyclic) bond motifs is 1. The maximum atomic E-state index is 12.8. The number of carbonyl (C=O) groups excluding carboxylic acids is 2. The Balaban J connectivity index is 1.83. The van der Waals surface area contributed by atoms with Gasteiger partial charge in [-0.3, -0.25) is 9.59 Å². The second-order valence-corrected chi connectivity index (χ2v) is 6.95. The summed E-state index contributed by atoms with van der Waals surface area (Å²) in [5.41, 5.74) is 3.78. The van der Waals surface area contributed by atoms with E-state index in [1.54, 1.807) is 32.1 Å². The molecular formula is C22H26N2O4. The lowest BCUT2D eigenvalue weighted by atomic mass is 9.90. The Labute approximate surface area is 165 Å². The third-order valence-corrected chi connectivity index (χ3v) is 5.20. The van der Waals surface area contributed by atoms with E-state index in [2.05, 4.69) is 11.4 Å². The number of hydrogen-bond acceptors (Lipinski definition) is 4. The van der Waals surface area contributed by atoms with Gasteiger partial charge in [-0.1, -0.05) is 24.3 Å². The quantitative estimate of drug-likeness (QED) is 0.860. The summed E-state index contributed by atoms with van der Waals surface area (Å²) in [4.78, 5) is 26.8. The Morgan fingerprint density at radius 1 is 1.14 bits per heavy atom. The van der Waals surface area contributed by atoms with Crippen LogP contribution >= 0.6 is 0 Å². The summed E-state index contributed by atoms with van der Waals surface area (Å²) in [6.45, 7) is 4.08. The van der Waals surface area contributed by atoms with E-state index in [1.165, 1.54) is 5.56 Å². The number of anilines is 1. The lowest BCUT2D eigenvalue weighted by Gasteiger charge is -2.36. The van der Waals surface area contributed by atoms with Crippen LogP contribution < -0.4 is 14.8 Å². The molecule has 148 valence electrons. The molecule has 0 spiro atoms. The number of ether oxygens (including phenoxy) is 2. The topological polar surface area (TPSA) is 67.9 Å². The summed E-state index contributed by atoms with van der Waals surface area (Å²) in [6, 6.07) is 11.3. The van der Waals surface area contributed by atoms with E-state index in [1.807, 2.05) is 31.2 Å². The lowest BCUT2D eigenvalue weighted by molar-refractivity contribution is -0.132. The van der Waals surface area contributed by atoms with Gasteiger partial charge < -0.3 is 19.7 Å². The maximum absolute atomic E-state index is 12.8. The molecule has 2 amide bonds. The number of carbonyl (C=O) groups is 2. The van der Waals surface area contributed by atoms with E-state index in [-0.39, 0.29) is 24.3 Å². The van der Waals surface area contributed by atoms with Crippen LogP contribution in [0.25, 0.3) is 0 Å². The van der Waals surface area contributed by atoms with Crippen LogP contribution in [-0.4, -0.2) is 37.5 Å². The van der Waals surface area contributed by atoms with Gasteiger partial charge in [0.1, 0.15) is 0 Å². The lowest BCUT2D eigenvalue weighted by Crippen LogP contribution is -2.40. The number of aryl methyl sites for hydroxylation is 1. The average Bonchev–Trinajstić information content (AvgIpc) is 2.69.